The Morgan fingerprint density at radius 2 is 1.87 bits per heavy atom. The first-order valence-corrected chi connectivity index (χ1v) is 8.20. The normalized spacial score (nSPS) is 10.8. The quantitative estimate of drug-likeness (QED) is 0.874. The number of rotatable bonds is 6. The molecule has 0 aliphatic rings. The Balaban J connectivity index is 2.25. The van der Waals surface area contributed by atoms with Crippen LogP contribution >= 0.6 is 0 Å². The second-order valence-electron chi connectivity index (χ2n) is 4.61. The van der Waals surface area contributed by atoms with E-state index in [1.165, 1.54) is 26.4 Å². The number of benzene rings is 2. The van der Waals surface area contributed by atoms with Crippen molar-refractivity contribution < 1.29 is 17.9 Å². The molecule has 0 aromatic heterocycles. The second-order valence-corrected chi connectivity index (χ2v) is 6.35. The highest BCUT2D eigenvalue weighted by Gasteiger charge is 2.18. The van der Waals surface area contributed by atoms with Crippen LogP contribution in [0.25, 0.3) is 0 Å². The number of nitriles is 1. The van der Waals surface area contributed by atoms with Gasteiger partial charge in [0.15, 0.2) is 0 Å². The largest absolute Gasteiger partial charge is 0.497 e. The van der Waals surface area contributed by atoms with E-state index in [0.29, 0.717) is 17.1 Å². The molecule has 6 nitrogen and oxygen atoms in total. The first-order chi connectivity index (χ1) is 11.0. The van der Waals surface area contributed by atoms with Gasteiger partial charge in [-0.1, -0.05) is 18.2 Å². The third-order valence-corrected chi connectivity index (χ3v) is 4.70. The maximum Gasteiger partial charge on any atom is 0.242 e. The predicted octanol–water partition coefficient (Wildman–Crippen LogP) is 2.05. The molecule has 0 bridgehead atoms. The standard InChI is InChI=1S/C16H16N2O4S/c1-21-14-8-7-13(15(9-14)22-2)11-18-23(19,20)16-6-4-3-5-12(16)10-17/h3-9,18H,11H2,1-2H3. The first kappa shape index (κ1) is 16.8. The lowest BCUT2D eigenvalue weighted by Crippen LogP contribution is -2.24. The molecule has 0 heterocycles. The van der Waals surface area contributed by atoms with Crippen LogP contribution in [-0.4, -0.2) is 22.6 Å². The van der Waals surface area contributed by atoms with Crippen molar-refractivity contribution in [2.24, 2.45) is 0 Å². The Hall–Kier alpha value is -2.56. The molecule has 0 aliphatic heterocycles. The van der Waals surface area contributed by atoms with Gasteiger partial charge in [0.2, 0.25) is 10.0 Å². The molecule has 0 radical (unpaired) electrons. The summed E-state index contributed by atoms with van der Waals surface area (Å²) in [6, 6.07) is 13.0. The minimum absolute atomic E-state index is 0.0370. The summed E-state index contributed by atoms with van der Waals surface area (Å²) in [5, 5.41) is 9.03. The molecule has 0 spiro atoms. The van der Waals surface area contributed by atoms with Gasteiger partial charge in [0.1, 0.15) is 17.6 Å². The number of hydrogen-bond donors (Lipinski definition) is 1. The summed E-state index contributed by atoms with van der Waals surface area (Å²) in [5.74, 6) is 1.13. The van der Waals surface area contributed by atoms with Gasteiger partial charge in [-0.15, -0.1) is 0 Å². The summed E-state index contributed by atoms with van der Waals surface area (Å²) >= 11 is 0. The maximum absolute atomic E-state index is 12.4. The Bertz CT molecular complexity index is 841. The van der Waals surface area contributed by atoms with Crippen LogP contribution in [0.2, 0.25) is 0 Å². The van der Waals surface area contributed by atoms with Crippen LogP contribution < -0.4 is 14.2 Å². The Morgan fingerprint density at radius 1 is 1.13 bits per heavy atom. The minimum Gasteiger partial charge on any atom is -0.497 e. The lowest BCUT2D eigenvalue weighted by atomic mass is 10.2. The number of methoxy groups -OCH3 is 2. The Kier molecular flexibility index (Phi) is 5.21. The molecule has 0 saturated heterocycles. The highest BCUT2D eigenvalue weighted by Crippen LogP contribution is 2.25. The summed E-state index contributed by atoms with van der Waals surface area (Å²) in [6.07, 6.45) is 0. The van der Waals surface area contributed by atoms with Gasteiger partial charge < -0.3 is 9.47 Å². The summed E-state index contributed by atoms with van der Waals surface area (Å²) < 4.78 is 37.6. The van der Waals surface area contributed by atoms with E-state index in [0.717, 1.165) is 0 Å². The van der Waals surface area contributed by atoms with Crippen LogP contribution in [0.5, 0.6) is 11.5 Å². The van der Waals surface area contributed by atoms with Gasteiger partial charge in [0.05, 0.1) is 24.7 Å². The van der Waals surface area contributed by atoms with Crippen molar-refractivity contribution in [2.75, 3.05) is 14.2 Å². The highest BCUT2D eigenvalue weighted by molar-refractivity contribution is 7.89. The molecule has 2 rings (SSSR count). The summed E-state index contributed by atoms with van der Waals surface area (Å²) in [7, 11) is -0.766. The zero-order chi connectivity index (χ0) is 16.9. The zero-order valence-corrected chi connectivity index (χ0v) is 13.6. The second kappa shape index (κ2) is 7.13. The van der Waals surface area contributed by atoms with E-state index in [-0.39, 0.29) is 17.0 Å². The van der Waals surface area contributed by atoms with E-state index >= 15 is 0 Å². The monoisotopic (exact) mass is 332 g/mol. The predicted molar refractivity (Wildman–Crippen MR) is 84.7 cm³/mol. The van der Waals surface area contributed by atoms with Gasteiger partial charge in [0, 0.05) is 18.2 Å². The third kappa shape index (κ3) is 3.80. The molecule has 2 aromatic carbocycles. The fourth-order valence-corrected chi connectivity index (χ4v) is 3.20. The molecule has 120 valence electrons. The number of sulfonamides is 1. The maximum atomic E-state index is 12.4. The van der Waals surface area contributed by atoms with Crippen LogP contribution in [0, 0.1) is 11.3 Å². The van der Waals surface area contributed by atoms with Gasteiger partial charge in [0.25, 0.3) is 0 Å². The van der Waals surface area contributed by atoms with E-state index < -0.39 is 10.0 Å². The lowest BCUT2D eigenvalue weighted by Gasteiger charge is -2.12. The SMILES string of the molecule is COc1ccc(CNS(=O)(=O)c2ccccc2C#N)c(OC)c1. The van der Waals surface area contributed by atoms with E-state index in [9.17, 15) is 8.42 Å². The number of ether oxygens (including phenoxy) is 2. The van der Waals surface area contributed by atoms with Gasteiger partial charge in [-0.2, -0.15) is 5.26 Å². The van der Waals surface area contributed by atoms with Crippen molar-refractivity contribution in [2.45, 2.75) is 11.4 Å². The zero-order valence-electron chi connectivity index (χ0n) is 12.7. The summed E-state index contributed by atoms with van der Waals surface area (Å²) in [5.41, 5.74) is 0.757. The number of nitrogens with one attached hydrogen (secondary N) is 1. The van der Waals surface area contributed by atoms with Crippen molar-refractivity contribution in [1.29, 1.82) is 5.26 Å². The average Bonchev–Trinajstić information content (AvgIpc) is 2.59. The van der Waals surface area contributed by atoms with Crippen molar-refractivity contribution in [3.8, 4) is 17.6 Å². The summed E-state index contributed by atoms with van der Waals surface area (Å²) in [4.78, 5) is -0.0463. The van der Waals surface area contributed by atoms with Crippen molar-refractivity contribution in [3.05, 3.63) is 53.6 Å². The van der Waals surface area contributed by atoms with Gasteiger partial charge >= 0.3 is 0 Å². The molecule has 0 saturated carbocycles. The van der Waals surface area contributed by atoms with Crippen molar-refractivity contribution in [3.63, 3.8) is 0 Å². The molecule has 0 atom stereocenters. The highest BCUT2D eigenvalue weighted by atomic mass is 32.2. The van der Waals surface area contributed by atoms with Crippen LogP contribution in [0.3, 0.4) is 0 Å². The molecule has 23 heavy (non-hydrogen) atoms. The molecule has 2 aromatic rings. The van der Waals surface area contributed by atoms with Crippen LogP contribution in [0.4, 0.5) is 0 Å². The molecule has 0 unspecified atom stereocenters. The Labute approximate surface area is 135 Å². The molecule has 0 aliphatic carbocycles. The molecule has 1 N–H and O–H groups in total. The Morgan fingerprint density at radius 3 is 2.52 bits per heavy atom. The van der Waals surface area contributed by atoms with Crippen LogP contribution in [0.15, 0.2) is 47.4 Å². The fraction of sp³-hybridized carbons (Fsp3) is 0.188. The fourth-order valence-electron chi connectivity index (χ4n) is 2.04. The van der Waals surface area contributed by atoms with E-state index in [2.05, 4.69) is 4.72 Å². The van der Waals surface area contributed by atoms with Gasteiger partial charge in [-0.25, -0.2) is 13.1 Å². The average molecular weight is 332 g/mol. The van der Waals surface area contributed by atoms with E-state index in [1.54, 1.807) is 30.3 Å². The lowest BCUT2D eigenvalue weighted by molar-refractivity contribution is 0.390. The molecule has 7 heteroatoms. The van der Waals surface area contributed by atoms with Crippen molar-refractivity contribution >= 4 is 10.0 Å². The number of hydrogen-bond acceptors (Lipinski definition) is 5. The third-order valence-electron chi connectivity index (χ3n) is 3.24. The smallest absolute Gasteiger partial charge is 0.242 e. The minimum atomic E-state index is -3.80. The van der Waals surface area contributed by atoms with Crippen molar-refractivity contribution in [1.82, 2.24) is 4.72 Å². The van der Waals surface area contributed by atoms with E-state index in [4.69, 9.17) is 14.7 Å². The molecular formula is C16H16N2O4S. The van der Waals surface area contributed by atoms with Crippen LogP contribution in [0.1, 0.15) is 11.1 Å². The number of nitrogens with zero attached hydrogens (tertiary/aromatic N) is 1. The summed E-state index contributed by atoms with van der Waals surface area (Å²) in [6.45, 7) is 0.0370. The molecule has 0 amide bonds. The van der Waals surface area contributed by atoms with E-state index in [1.807, 2.05) is 6.07 Å². The van der Waals surface area contributed by atoms with Gasteiger partial charge in [-0.05, 0) is 18.2 Å². The first-order valence-electron chi connectivity index (χ1n) is 6.71. The molecular weight excluding hydrogens is 316 g/mol. The van der Waals surface area contributed by atoms with Gasteiger partial charge in [-0.3, -0.25) is 0 Å². The van der Waals surface area contributed by atoms with Crippen LogP contribution in [-0.2, 0) is 16.6 Å². The molecule has 0 fully saturated rings. The topological polar surface area (TPSA) is 88.4 Å².